The van der Waals surface area contributed by atoms with Gasteiger partial charge in [-0.2, -0.15) is 0 Å². The van der Waals surface area contributed by atoms with Crippen molar-refractivity contribution in [1.82, 2.24) is 14.5 Å². The summed E-state index contributed by atoms with van der Waals surface area (Å²) in [6.45, 7) is 3.50. The van der Waals surface area contributed by atoms with Crippen LogP contribution in [0, 0.1) is 13.8 Å². The van der Waals surface area contributed by atoms with Crippen LogP contribution in [0.25, 0.3) is 21.1 Å². The maximum Gasteiger partial charge on any atom is 0.284 e. The van der Waals surface area contributed by atoms with Gasteiger partial charge in [0.1, 0.15) is 11.4 Å². The number of nitrogens with one attached hydrogen (secondary N) is 1. The highest BCUT2D eigenvalue weighted by Crippen LogP contribution is 2.36. The predicted molar refractivity (Wildman–Crippen MR) is 111 cm³/mol. The van der Waals surface area contributed by atoms with Gasteiger partial charge < -0.3 is 10.1 Å². The van der Waals surface area contributed by atoms with Crippen LogP contribution >= 0.6 is 27.3 Å². The van der Waals surface area contributed by atoms with E-state index >= 15 is 0 Å². The molecule has 0 atom stereocenters. The lowest BCUT2D eigenvalue weighted by Gasteiger charge is -2.01. The Bertz CT molecular complexity index is 1330. The number of hydrogen-bond donors (Lipinski definition) is 2. The number of amides is 1. The Morgan fingerprint density at radius 1 is 1.39 bits per heavy atom. The minimum absolute atomic E-state index is 0.162. The topological polar surface area (TPSA) is 113 Å². The summed E-state index contributed by atoms with van der Waals surface area (Å²) in [5.41, 5.74) is 1.41. The van der Waals surface area contributed by atoms with Crippen LogP contribution in [0.15, 0.2) is 44.0 Å². The minimum Gasteiger partial charge on any atom is -0.493 e. The number of aromatic amines is 1. The van der Waals surface area contributed by atoms with E-state index in [1.807, 2.05) is 19.9 Å². The van der Waals surface area contributed by atoms with Gasteiger partial charge in [-0.05, 0) is 37.6 Å². The summed E-state index contributed by atoms with van der Waals surface area (Å²) < 4.78 is 2.02. The van der Waals surface area contributed by atoms with Gasteiger partial charge in [0.15, 0.2) is 5.69 Å². The van der Waals surface area contributed by atoms with Crippen LogP contribution in [0.4, 0.5) is 5.69 Å². The van der Waals surface area contributed by atoms with Gasteiger partial charge in [0.25, 0.3) is 11.5 Å². The van der Waals surface area contributed by atoms with Gasteiger partial charge >= 0.3 is 0 Å². The molecule has 3 aromatic heterocycles. The Morgan fingerprint density at radius 3 is 2.96 bits per heavy atom. The zero-order valence-electron chi connectivity index (χ0n) is 14.9. The molecule has 1 amide bonds. The van der Waals surface area contributed by atoms with Crippen molar-refractivity contribution >= 4 is 60.0 Å². The smallest absolute Gasteiger partial charge is 0.284 e. The van der Waals surface area contributed by atoms with Crippen molar-refractivity contribution in [3.63, 3.8) is 0 Å². The molecule has 0 fully saturated rings. The number of thiophene rings is 1. The first-order valence-electron chi connectivity index (χ1n) is 8.25. The van der Waals surface area contributed by atoms with Crippen molar-refractivity contribution in [2.24, 2.45) is 10.2 Å². The fourth-order valence-electron chi connectivity index (χ4n) is 2.90. The molecule has 0 saturated heterocycles. The summed E-state index contributed by atoms with van der Waals surface area (Å²) in [7, 11) is 0. The van der Waals surface area contributed by atoms with Gasteiger partial charge in [-0.15, -0.1) is 21.6 Å². The highest BCUT2D eigenvalue weighted by Gasteiger charge is 2.15. The van der Waals surface area contributed by atoms with E-state index in [1.165, 1.54) is 22.2 Å². The number of rotatable bonds is 3. The molecule has 4 rings (SSSR count). The van der Waals surface area contributed by atoms with Gasteiger partial charge in [-0.25, -0.2) is 4.98 Å². The molecule has 1 aromatic carbocycles. The Balaban J connectivity index is 1.64. The third-order valence-corrected chi connectivity index (χ3v) is 6.05. The van der Waals surface area contributed by atoms with E-state index in [9.17, 15) is 14.7 Å². The van der Waals surface area contributed by atoms with Crippen LogP contribution in [0.3, 0.4) is 0 Å². The van der Waals surface area contributed by atoms with Crippen LogP contribution in [0.5, 0.6) is 5.88 Å². The van der Waals surface area contributed by atoms with Gasteiger partial charge in [-0.3, -0.25) is 14.2 Å². The van der Waals surface area contributed by atoms with Crippen molar-refractivity contribution in [2.45, 2.75) is 20.4 Å². The summed E-state index contributed by atoms with van der Waals surface area (Å²) in [5, 5.41) is 18.7. The molecule has 0 radical (unpaired) electrons. The third-order valence-electron chi connectivity index (χ3n) is 4.44. The molecular formula is C18H14BrN5O3S. The molecule has 10 heteroatoms. The molecule has 8 nitrogen and oxygen atoms in total. The lowest BCUT2D eigenvalue weighted by atomic mass is 10.2. The number of carbonyl (C=O) groups excluding carboxylic acids is 1. The van der Waals surface area contributed by atoms with E-state index in [0.717, 1.165) is 14.9 Å². The van der Waals surface area contributed by atoms with E-state index in [0.29, 0.717) is 21.1 Å². The van der Waals surface area contributed by atoms with Crippen molar-refractivity contribution in [2.75, 3.05) is 0 Å². The number of benzene rings is 1. The average molecular weight is 460 g/mol. The zero-order valence-corrected chi connectivity index (χ0v) is 17.3. The van der Waals surface area contributed by atoms with Crippen LogP contribution in [0.1, 0.15) is 10.4 Å². The van der Waals surface area contributed by atoms with Crippen molar-refractivity contribution in [3.8, 4) is 5.88 Å². The second kappa shape index (κ2) is 6.95. The van der Waals surface area contributed by atoms with Crippen molar-refractivity contribution in [1.29, 1.82) is 0 Å². The molecular weight excluding hydrogens is 446 g/mol. The molecule has 0 aliphatic carbocycles. The van der Waals surface area contributed by atoms with E-state index in [4.69, 9.17) is 0 Å². The number of azo groups is 1. The van der Waals surface area contributed by atoms with Crippen LogP contribution in [-0.4, -0.2) is 25.5 Å². The number of carbonyl (C=O) groups is 1. The largest absolute Gasteiger partial charge is 0.493 e. The summed E-state index contributed by atoms with van der Waals surface area (Å²) in [5.74, 6) is -0.814. The molecule has 0 saturated carbocycles. The van der Waals surface area contributed by atoms with E-state index < -0.39 is 5.91 Å². The maximum absolute atomic E-state index is 12.7. The van der Waals surface area contributed by atoms with Crippen molar-refractivity contribution < 1.29 is 9.90 Å². The van der Waals surface area contributed by atoms with Gasteiger partial charge in [0.2, 0.25) is 5.88 Å². The van der Waals surface area contributed by atoms with Crippen LogP contribution in [0.2, 0.25) is 0 Å². The fourth-order valence-corrected chi connectivity index (χ4v) is 4.25. The summed E-state index contributed by atoms with van der Waals surface area (Å²) in [6.07, 6.45) is 1.34. The second-order valence-corrected chi connectivity index (χ2v) is 8.37. The SMILES string of the molecule is Cc1sc2ncn(CC(=O)N=Nc3c(O)[nH]c4ccc(Br)cc34)c(=O)c2c1C. The number of hydrogen-bond acceptors (Lipinski definition) is 6. The minimum atomic E-state index is -0.628. The van der Waals surface area contributed by atoms with Gasteiger partial charge in [0, 0.05) is 14.7 Å². The molecule has 0 unspecified atom stereocenters. The highest BCUT2D eigenvalue weighted by atomic mass is 79.9. The first-order chi connectivity index (χ1) is 13.3. The number of nitrogens with zero attached hydrogens (tertiary/aromatic N) is 4. The van der Waals surface area contributed by atoms with Gasteiger partial charge in [0.05, 0.1) is 17.2 Å². The quantitative estimate of drug-likeness (QED) is 0.443. The second-order valence-electron chi connectivity index (χ2n) is 6.25. The summed E-state index contributed by atoms with van der Waals surface area (Å²) in [4.78, 5) is 33.6. The molecule has 2 N–H and O–H groups in total. The Morgan fingerprint density at radius 2 is 2.18 bits per heavy atom. The standard InChI is InChI=1S/C18H14BrN5O3S/c1-8-9(2)28-17-14(8)18(27)24(7-20-17)6-13(25)22-23-15-11-5-10(19)3-4-12(11)21-16(15)26/h3-5,7,21,26H,6H2,1-2H3. The number of aromatic hydroxyl groups is 1. The normalized spacial score (nSPS) is 11.8. The number of fused-ring (bicyclic) bond motifs is 2. The summed E-state index contributed by atoms with van der Waals surface area (Å²) in [6, 6.07) is 5.34. The van der Waals surface area contributed by atoms with E-state index in [1.54, 1.807) is 12.1 Å². The molecule has 142 valence electrons. The van der Waals surface area contributed by atoms with E-state index in [-0.39, 0.29) is 23.7 Å². The molecule has 0 bridgehead atoms. The monoisotopic (exact) mass is 459 g/mol. The lowest BCUT2D eigenvalue weighted by molar-refractivity contribution is -0.118. The number of halogens is 1. The van der Waals surface area contributed by atoms with Crippen LogP contribution < -0.4 is 5.56 Å². The van der Waals surface area contributed by atoms with Crippen LogP contribution in [-0.2, 0) is 11.3 Å². The average Bonchev–Trinajstić information content (AvgIpc) is 3.11. The Labute approximate surface area is 170 Å². The lowest BCUT2D eigenvalue weighted by Crippen LogP contribution is -2.23. The number of aryl methyl sites for hydroxylation is 2. The molecule has 0 spiro atoms. The third kappa shape index (κ3) is 3.14. The summed E-state index contributed by atoms with van der Waals surface area (Å²) >= 11 is 4.80. The van der Waals surface area contributed by atoms with Crippen molar-refractivity contribution in [3.05, 3.63) is 49.8 Å². The first-order valence-corrected chi connectivity index (χ1v) is 9.86. The first kappa shape index (κ1) is 18.5. The van der Waals surface area contributed by atoms with Gasteiger partial charge in [-0.1, -0.05) is 15.9 Å². The van der Waals surface area contributed by atoms with E-state index in [2.05, 4.69) is 36.1 Å². The molecule has 0 aliphatic heterocycles. The Kier molecular flexibility index (Phi) is 4.60. The molecule has 4 aromatic rings. The Hall–Kier alpha value is -2.85. The number of aromatic nitrogens is 3. The zero-order chi connectivity index (χ0) is 20.0. The molecule has 3 heterocycles. The maximum atomic E-state index is 12.7. The number of H-pyrrole nitrogens is 1. The molecule has 28 heavy (non-hydrogen) atoms. The molecule has 0 aliphatic rings. The predicted octanol–water partition coefficient (Wildman–Crippen LogP) is 4.33. The highest BCUT2D eigenvalue weighted by molar-refractivity contribution is 9.10. The fraction of sp³-hybridized carbons (Fsp3) is 0.167.